The van der Waals surface area contributed by atoms with Crippen LogP contribution in [0.25, 0.3) is 0 Å². The first kappa shape index (κ1) is 12.5. The first-order valence-corrected chi connectivity index (χ1v) is 6.00. The lowest BCUT2D eigenvalue weighted by Gasteiger charge is -2.11. The van der Waals surface area contributed by atoms with Crippen LogP contribution in [0.5, 0.6) is 0 Å². The Morgan fingerprint density at radius 2 is 2.00 bits per heavy atom. The lowest BCUT2D eigenvalue weighted by Crippen LogP contribution is -2.10. The number of aliphatic hydroxyl groups excluding tert-OH is 1. The van der Waals surface area contributed by atoms with Gasteiger partial charge in [0.25, 0.3) is 0 Å². The minimum atomic E-state index is -0.307. The summed E-state index contributed by atoms with van der Waals surface area (Å²) >= 11 is 3.39. The molecule has 0 amide bonds. The predicted molar refractivity (Wildman–Crippen MR) is 67.9 cm³/mol. The van der Waals surface area contributed by atoms with E-state index in [1.165, 1.54) is 0 Å². The molecule has 0 aliphatic rings. The highest BCUT2D eigenvalue weighted by Gasteiger charge is 2.06. The van der Waals surface area contributed by atoms with E-state index < -0.39 is 0 Å². The highest BCUT2D eigenvalue weighted by molar-refractivity contribution is 9.10. The van der Waals surface area contributed by atoms with Crippen molar-refractivity contribution in [2.75, 3.05) is 0 Å². The topological polar surface area (TPSA) is 20.2 Å². The fourth-order valence-electron chi connectivity index (χ4n) is 1.44. The van der Waals surface area contributed by atoms with Crippen LogP contribution in [0.3, 0.4) is 0 Å². The van der Waals surface area contributed by atoms with Crippen LogP contribution in [0.15, 0.2) is 40.9 Å². The molecule has 0 saturated heterocycles. The van der Waals surface area contributed by atoms with E-state index in [-0.39, 0.29) is 6.10 Å². The number of benzene rings is 1. The van der Waals surface area contributed by atoms with Gasteiger partial charge in [0.1, 0.15) is 0 Å². The van der Waals surface area contributed by atoms with E-state index in [1.54, 1.807) is 0 Å². The Labute approximate surface area is 100.0 Å². The summed E-state index contributed by atoms with van der Waals surface area (Å²) in [6, 6.07) is 8.05. The molecule has 0 spiro atoms. The van der Waals surface area contributed by atoms with E-state index in [0.717, 1.165) is 22.0 Å². The van der Waals surface area contributed by atoms with Crippen molar-refractivity contribution in [1.82, 2.24) is 0 Å². The fraction of sp³-hybridized carbons (Fsp3) is 0.385. The van der Waals surface area contributed by atoms with Gasteiger partial charge in [-0.25, -0.2) is 0 Å². The summed E-state index contributed by atoms with van der Waals surface area (Å²) in [6.07, 6.45) is 2.04. The molecule has 0 aliphatic heterocycles. The molecule has 0 fully saturated rings. The molecule has 1 aromatic rings. The van der Waals surface area contributed by atoms with Gasteiger partial charge < -0.3 is 5.11 Å². The molecule has 15 heavy (non-hydrogen) atoms. The maximum atomic E-state index is 9.80. The smallest absolute Gasteiger partial charge is 0.0617 e. The molecular formula is C13H17BrO. The van der Waals surface area contributed by atoms with Crippen molar-refractivity contribution in [3.05, 3.63) is 46.5 Å². The molecular weight excluding hydrogens is 252 g/mol. The van der Waals surface area contributed by atoms with Crippen LogP contribution in [0.4, 0.5) is 0 Å². The second-order valence-electron chi connectivity index (χ2n) is 3.79. The molecule has 82 valence electrons. The van der Waals surface area contributed by atoms with Crippen LogP contribution in [0.1, 0.15) is 25.3 Å². The summed E-state index contributed by atoms with van der Waals surface area (Å²) in [7, 11) is 0. The van der Waals surface area contributed by atoms with Gasteiger partial charge in [-0.2, -0.15) is 0 Å². The van der Waals surface area contributed by atoms with Gasteiger partial charge in [0.2, 0.25) is 0 Å². The van der Waals surface area contributed by atoms with E-state index >= 15 is 0 Å². The van der Waals surface area contributed by atoms with Gasteiger partial charge in [0.15, 0.2) is 0 Å². The van der Waals surface area contributed by atoms with Crippen molar-refractivity contribution in [2.24, 2.45) is 0 Å². The highest BCUT2D eigenvalue weighted by Crippen LogP contribution is 2.15. The highest BCUT2D eigenvalue weighted by atomic mass is 79.9. The van der Waals surface area contributed by atoms with Gasteiger partial charge in [-0.05, 0) is 37.0 Å². The molecule has 1 N–H and O–H groups in total. The summed E-state index contributed by atoms with van der Waals surface area (Å²) in [5.41, 5.74) is 2.27. The van der Waals surface area contributed by atoms with Crippen LogP contribution in [0.2, 0.25) is 0 Å². The zero-order valence-electron chi connectivity index (χ0n) is 9.04. The lowest BCUT2D eigenvalue weighted by atomic mass is 10.0. The van der Waals surface area contributed by atoms with E-state index in [1.807, 2.05) is 24.3 Å². The summed E-state index contributed by atoms with van der Waals surface area (Å²) in [5, 5.41) is 9.80. The second-order valence-corrected chi connectivity index (χ2v) is 4.71. The number of rotatable bonds is 5. The molecule has 1 unspecified atom stereocenters. The summed E-state index contributed by atoms with van der Waals surface area (Å²) in [4.78, 5) is 0. The number of hydrogen-bond acceptors (Lipinski definition) is 1. The van der Waals surface area contributed by atoms with Crippen LogP contribution in [0, 0.1) is 0 Å². The molecule has 0 saturated carbocycles. The zero-order chi connectivity index (χ0) is 11.3. The van der Waals surface area contributed by atoms with Crippen molar-refractivity contribution >= 4 is 15.9 Å². The third-order valence-corrected chi connectivity index (χ3v) is 2.94. The molecule has 1 nitrogen and oxygen atoms in total. The zero-order valence-corrected chi connectivity index (χ0v) is 10.6. The van der Waals surface area contributed by atoms with Gasteiger partial charge in [-0.1, -0.05) is 47.1 Å². The Morgan fingerprint density at radius 3 is 2.53 bits per heavy atom. The van der Waals surface area contributed by atoms with E-state index in [4.69, 9.17) is 0 Å². The molecule has 0 aliphatic carbocycles. The van der Waals surface area contributed by atoms with Crippen LogP contribution < -0.4 is 0 Å². The average molecular weight is 269 g/mol. The molecule has 1 atom stereocenters. The van der Waals surface area contributed by atoms with Gasteiger partial charge in [-0.3, -0.25) is 0 Å². The van der Waals surface area contributed by atoms with Gasteiger partial charge in [0, 0.05) is 4.47 Å². The Bertz CT molecular complexity index is 316. The summed E-state index contributed by atoms with van der Waals surface area (Å²) < 4.78 is 1.07. The normalized spacial score (nSPS) is 12.5. The standard InChI is InChI=1S/C13H17BrO/c1-3-10(2)8-13(15)9-11-4-6-12(14)7-5-11/h4-7,13,15H,2-3,8-9H2,1H3. The van der Waals surface area contributed by atoms with Gasteiger partial charge >= 0.3 is 0 Å². The quantitative estimate of drug-likeness (QED) is 0.808. The summed E-state index contributed by atoms with van der Waals surface area (Å²) in [6.45, 7) is 5.97. The Balaban J connectivity index is 2.47. The number of aliphatic hydroxyl groups is 1. The first-order chi connectivity index (χ1) is 7.11. The molecule has 1 rings (SSSR count). The van der Waals surface area contributed by atoms with Crippen LogP contribution >= 0.6 is 15.9 Å². The monoisotopic (exact) mass is 268 g/mol. The molecule has 0 radical (unpaired) electrons. The minimum Gasteiger partial charge on any atom is -0.392 e. The van der Waals surface area contributed by atoms with E-state index in [2.05, 4.69) is 29.4 Å². The molecule has 0 heterocycles. The summed E-state index contributed by atoms with van der Waals surface area (Å²) in [5.74, 6) is 0. The Kier molecular flexibility index (Phi) is 5.06. The van der Waals surface area contributed by atoms with Crippen LogP contribution in [-0.4, -0.2) is 11.2 Å². The van der Waals surface area contributed by atoms with Crippen molar-refractivity contribution < 1.29 is 5.11 Å². The van der Waals surface area contributed by atoms with E-state index in [0.29, 0.717) is 12.8 Å². The average Bonchev–Trinajstić information content (AvgIpc) is 2.21. The molecule has 2 heteroatoms. The maximum Gasteiger partial charge on any atom is 0.0617 e. The van der Waals surface area contributed by atoms with Gasteiger partial charge in [0.05, 0.1) is 6.10 Å². The van der Waals surface area contributed by atoms with Crippen molar-refractivity contribution in [3.8, 4) is 0 Å². The molecule has 0 bridgehead atoms. The number of halogens is 1. The lowest BCUT2D eigenvalue weighted by molar-refractivity contribution is 0.174. The predicted octanol–water partition coefficient (Wildman–Crippen LogP) is 3.71. The maximum absolute atomic E-state index is 9.80. The van der Waals surface area contributed by atoms with Crippen LogP contribution in [-0.2, 0) is 6.42 Å². The number of hydrogen-bond donors (Lipinski definition) is 1. The second kappa shape index (κ2) is 6.09. The van der Waals surface area contributed by atoms with E-state index in [9.17, 15) is 5.11 Å². The SMILES string of the molecule is C=C(CC)CC(O)Cc1ccc(Br)cc1. The third-order valence-electron chi connectivity index (χ3n) is 2.41. The fourth-order valence-corrected chi connectivity index (χ4v) is 1.71. The van der Waals surface area contributed by atoms with Gasteiger partial charge in [-0.15, -0.1) is 0 Å². The Hall–Kier alpha value is -0.600. The Morgan fingerprint density at radius 1 is 1.40 bits per heavy atom. The van der Waals surface area contributed by atoms with Crippen molar-refractivity contribution in [2.45, 2.75) is 32.3 Å². The minimum absolute atomic E-state index is 0.307. The van der Waals surface area contributed by atoms with Crippen molar-refractivity contribution in [3.63, 3.8) is 0 Å². The third kappa shape index (κ3) is 4.63. The first-order valence-electron chi connectivity index (χ1n) is 5.21. The molecule has 1 aromatic carbocycles. The molecule has 0 aromatic heterocycles. The van der Waals surface area contributed by atoms with Crippen molar-refractivity contribution in [1.29, 1.82) is 0 Å². The largest absolute Gasteiger partial charge is 0.392 e.